The van der Waals surface area contributed by atoms with Crippen molar-refractivity contribution < 1.29 is 9.53 Å². The Hall–Kier alpha value is -0.770. The average Bonchev–Trinajstić information content (AvgIpc) is 2.99. The lowest BCUT2D eigenvalue weighted by molar-refractivity contribution is 0.0766. The molecule has 0 aromatic carbocycles. The number of carbonyl (C=O) groups excluding carboxylic acids is 1. The van der Waals surface area contributed by atoms with E-state index < -0.39 is 0 Å². The van der Waals surface area contributed by atoms with Crippen LogP contribution >= 0.6 is 0 Å². The lowest BCUT2D eigenvalue weighted by Gasteiger charge is -2.35. The molecule has 2 saturated heterocycles. The molecule has 2 heterocycles. The second-order valence-corrected chi connectivity index (χ2v) is 6.64. The van der Waals surface area contributed by atoms with Crippen molar-refractivity contribution in [3.05, 3.63) is 0 Å². The minimum Gasteiger partial charge on any atom is -0.381 e. The van der Waals surface area contributed by atoms with Crippen LogP contribution in [0.1, 0.15) is 57.8 Å². The largest absolute Gasteiger partial charge is 0.381 e. The first-order chi connectivity index (χ1) is 9.84. The molecular formula is C16H28N2O2. The summed E-state index contributed by atoms with van der Waals surface area (Å²) in [6.45, 7) is 2.53. The number of ether oxygens (including phenoxy) is 1. The Labute approximate surface area is 122 Å². The highest BCUT2D eigenvalue weighted by atomic mass is 16.5. The predicted octanol–water partition coefficient (Wildman–Crippen LogP) is 2.92. The molecule has 0 unspecified atom stereocenters. The molecule has 3 rings (SSSR count). The number of nitrogens with zero attached hydrogens (tertiary/aromatic N) is 1. The second kappa shape index (κ2) is 6.79. The number of rotatable bonds is 2. The molecule has 1 N–H and O–H groups in total. The van der Waals surface area contributed by atoms with Gasteiger partial charge in [-0.15, -0.1) is 0 Å². The first-order valence-electron chi connectivity index (χ1n) is 8.49. The fourth-order valence-corrected chi connectivity index (χ4v) is 4.15. The van der Waals surface area contributed by atoms with Crippen LogP contribution in [0.2, 0.25) is 0 Å². The van der Waals surface area contributed by atoms with Crippen LogP contribution in [0.15, 0.2) is 0 Å². The van der Waals surface area contributed by atoms with Gasteiger partial charge in [-0.25, -0.2) is 4.79 Å². The standard InChI is InChI=1S/C16H28N2O2/c19-16(17-14-8-11-20-12-9-14)18-10-4-7-15(18)13-5-2-1-3-6-13/h13-15H,1-12H2,(H,17,19)/t15-/m0/s1. The Bertz CT molecular complexity index is 322. The van der Waals surface area contributed by atoms with E-state index in [1.165, 1.54) is 44.9 Å². The summed E-state index contributed by atoms with van der Waals surface area (Å²) >= 11 is 0. The van der Waals surface area contributed by atoms with Crippen molar-refractivity contribution in [2.75, 3.05) is 19.8 Å². The van der Waals surface area contributed by atoms with Gasteiger partial charge in [-0.3, -0.25) is 0 Å². The van der Waals surface area contributed by atoms with Crippen molar-refractivity contribution >= 4 is 6.03 Å². The van der Waals surface area contributed by atoms with Gasteiger partial charge >= 0.3 is 6.03 Å². The number of hydrogen-bond donors (Lipinski definition) is 1. The van der Waals surface area contributed by atoms with Crippen LogP contribution in [0, 0.1) is 5.92 Å². The lowest BCUT2D eigenvalue weighted by atomic mass is 9.83. The van der Waals surface area contributed by atoms with Gasteiger partial charge in [-0.2, -0.15) is 0 Å². The van der Waals surface area contributed by atoms with Crippen LogP contribution in [0.5, 0.6) is 0 Å². The summed E-state index contributed by atoms with van der Waals surface area (Å²) in [6.07, 6.45) is 11.1. The summed E-state index contributed by atoms with van der Waals surface area (Å²) in [6, 6.07) is 1.02. The topological polar surface area (TPSA) is 41.6 Å². The van der Waals surface area contributed by atoms with E-state index in [2.05, 4.69) is 10.2 Å². The SMILES string of the molecule is O=C(NC1CCOCC1)N1CCC[C@H]1C1CCCCC1. The Balaban J connectivity index is 1.55. The first kappa shape index (κ1) is 14.2. The first-order valence-corrected chi connectivity index (χ1v) is 8.49. The van der Waals surface area contributed by atoms with Crippen LogP contribution in [0.4, 0.5) is 4.79 Å². The molecule has 1 saturated carbocycles. The molecule has 1 aliphatic carbocycles. The maximum Gasteiger partial charge on any atom is 0.317 e. The quantitative estimate of drug-likeness (QED) is 0.845. The summed E-state index contributed by atoms with van der Waals surface area (Å²) in [7, 11) is 0. The number of amides is 2. The highest BCUT2D eigenvalue weighted by molar-refractivity contribution is 5.75. The second-order valence-electron chi connectivity index (χ2n) is 6.64. The molecule has 0 aromatic rings. The van der Waals surface area contributed by atoms with Gasteiger partial charge in [0.05, 0.1) is 0 Å². The highest BCUT2D eigenvalue weighted by Gasteiger charge is 2.35. The average molecular weight is 280 g/mol. The van der Waals surface area contributed by atoms with Crippen LogP contribution in [0.3, 0.4) is 0 Å². The maximum atomic E-state index is 12.5. The minimum absolute atomic E-state index is 0.185. The third kappa shape index (κ3) is 3.27. The van der Waals surface area contributed by atoms with Gasteiger partial charge in [0.25, 0.3) is 0 Å². The summed E-state index contributed by atoms with van der Waals surface area (Å²) in [4.78, 5) is 14.7. The van der Waals surface area contributed by atoms with Crippen LogP contribution < -0.4 is 5.32 Å². The van der Waals surface area contributed by atoms with Crippen LogP contribution in [0.25, 0.3) is 0 Å². The molecule has 4 heteroatoms. The number of carbonyl (C=O) groups is 1. The molecule has 4 nitrogen and oxygen atoms in total. The fraction of sp³-hybridized carbons (Fsp3) is 0.938. The molecule has 3 fully saturated rings. The van der Waals surface area contributed by atoms with Gasteiger partial charge in [0.1, 0.15) is 0 Å². The van der Waals surface area contributed by atoms with Crippen molar-refractivity contribution in [1.82, 2.24) is 10.2 Å². The zero-order valence-corrected chi connectivity index (χ0v) is 12.5. The summed E-state index contributed by atoms with van der Waals surface area (Å²) in [5.41, 5.74) is 0. The number of hydrogen-bond acceptors (Lipinski definition) is 2. The number of urea groups is 1. The summed E-state index contributed by atoms with van der Waals surface area (Å²) in [5.74, 6) is 0.756. The van der Waals surface area contributed by atoms with E-state index in [1.54, 1.807) is 0 Å². The van der Waals surface area contributed by atoms with E-state index in [4.69, 9.17) is 4.74 Å². The van der Waals surface area contributed by atoms with Crippen LogP contribution in [-0.4, -0.2) is 42.8 Å². The molecule has 20 heavy (non-hydrogen) atoms. The van der Waals surface area contributed by atoms with E-state index in [1.807, 2.05) is 0 Å². The fourth-order valence-electron chi connectivity index (χ4n) is 4.15. The van der Waals surface area contributed by atoms with Gasteiger partial charge in [0, 0.05) is 31.8 Å². The number of nitrogens with one attached hydrogen (secondary N) is 1. The molecule has 0 bridgehead atoms. The Morgan fingerprint density at radius 1 is 0.950 bits per heavy atom. The van der Waals surface area contributed by atoms with Gasteiger partial charge in [-0.1, -0.05) is 19.3 Å². The molecule has 2 amide bonds. The van der Waals surface area contributed by atoms with Crippen molar-refractivity contribution in [1.29, 1.82) is 0 Å². The molecule has 0 spiro atoms. The normalized spacial score (nSPS) is 29.6. The minimum atomic E-state index is 0.185. The van der Waals surface area contributed by atoms with Gasteiger partial charge in [0.15, 0.2) is 0 Å². The lowest BCUT2D eigenvalue weighted by Crippen LogP contribution is -2.50. The molecule has 1 atom stereocenters. The van der Waals surface area contributed by atoms with E-state index in [0.717, 1.165) is 38.5 Å². The van der Waals surface area contributed by atoms with Gasteiger partial charge in [-0.05, 0) is 44.4 Å². The van der Waals surface area contributed by atoms with Crippen molar-refractivity contribution in [2.45, 2.75) is 69.9 Å². The van der Waals surface area contributed by atoms with E-state index in [-0.39, 0.29) is 6.03 Å². The zero-order valence-electron chi connectivity index (χ0n) is 12.5. The molecule has 2 aliphatic heterocycles. The zero-order chi connectivity index (χ0) is 13.8. The highest BCUT2D eigenvalue weighted by Crippen LogP contribution is 2.34. The van der Waals surface area contributed by atoms with Gasteiger partial charge < -0.3 is 15.0 Å². The smallest absolute Gasteiger partial charge is 0.317 e. The van der Waals surface area contributed by atoms with Gasteiger partial charge in [0.2, 0.25) is 0 Å². The number of likely N-dealkylation sites (tertiary alicyclic amines) is 1. The molecule has 0 radical (unpaired) electrons. The van der Waals surface area contributed by atoms with Crippen molar-refractivity contribution in [3.8, 4) is 0 Å². The van der Waals surface area contributed by atoms with Crippen molar-refractivity contribution in [2.24, 2.45) is 5.92 Å². The molecule has 114 valence electrons. The predicted molar refractivity (Wildman–Crippen MR) is 78.7 cm³/mol. The molecular weight excluding hydrogens is 252 g/mol. The third-order valence-electron chi connectivity index (χ3n) is 5.30. The summed E-state index contributed by atoms with van der Waals surface area (Å²) in [5, 5.41) is 3.24. The van der Waals surface area contributed by atoms with E-state index in [9.17, 15) is 4.79 Å². The summed E-state index contributed by atoms with van der Waals surface area (Å²) < 4.78 is 5.36. The monoisotopic (exact) mass is 280 g/mol. The molecule has 3 aliphatic rings. The van der Waals surface area contributed by atoms with Crippen molar-refractivity contribution in [3.63, 3.8) is 0 Å². The van der Waals surface area contributed by atoms with E-state index >= 15 is 0 Å². The Morgan fingerprint density at radius 2 is 1.70 bits per heavy atom. The maximum absolute atomic E-state index is 12.5. The Morgan fingerprint density at radius 3 is 2.45 bits per heavy atom. The van der Waals surface area contributed by atoms with E-state index in [0.29, 0.717) is 12.1 Å². The molecule has 0 aromatic heterocycles. The third-order valence-corrected chi connectivity index (χ3v) is 5.30. The Kier molecular flexibility index (Phi) is 4.81. The van der Waals surface area contributed by atoms with Crippen LogP contribution in [-0.2, 0) is 4.74 Å².